The molecule has 0 aliphatic carbocycles. The van der Waals surface area contributed by atoms with E-state index in [9.17, 15) is 24.0 Å². The van der Waals surface area contributed by atoms with Crippen molar-refractivity contribution >= 4 is 29.7 Å². The molecule has 2 amide bonds. The van der Waals surface area contributed by atoms with Crippen molar-refractivity contribution < 1.29 is 47.7 Å². The standard InChI is InChI=1S/C31H55N3O10/c1-6-7-8-9-10-11-12-13-14-15-16-17-18-33-30(39)25(32)19-41-31-27(34-21(2)35)29(43-24(5)38)28(42-23(4)37)26(44-31)20-40-22(3)36/h25-29,31H,6-20,32H2,1-5H3,(H,33,39)(H,34,35)/t25-,26+,27+,28+,29+,31+/m0/s1. The van der Waals surface area contributed by atoms with Crippen LogP contribution in [0.2, 0.25) is 0 Å². The number of hydrogen-bond acceptors (Lipinski definition) is 11. The molecule has 6 atom stereocenters. The Morgan fingerprint density at radius 2 is 1.27 bits per heavy atom. The highest BCUT2D eigenvalue weighted by atomic mass is 16.7. The van der Waals surface area contributed by atoms with Crippen LogP contribution in [-0.2, 0) is 47.7 Å². The highest BCUT2D eigenvalue weighted by Gasteiger charge is 2.51. The van der Waals surface area contributed by atoms with Crippen molar-refractivity contribution in [3.05, 3.63) is 0 Å². The van der Waals surface area contributed by atoms with Gasteiger partial charge in [0.2, 0.25) is 11.8 Å². The fraction of sp³-hybridized carbons (Fsp3) is 0.839. The molecular weight excluding hydrogens is 574 g/mol. The second-order valence-corrected chi connectivity index (χ2v) is 11.3. The van der Waals surface area contributed by atoms with Crippen LogP contribution < -0.4 is 16.4 Å². The van der Waals surface area contributed by atoms with Gasteiger partial charge in [-0.25, -0.2) is 0 Å². The van der Waals surface area contributed by atoms with Crippen molar-refractivity contribution in [3.63, 3.8) is 0 Å². The van der Waals surface area contributed by atoms with Crippen molar-refractivity contribution in [1.29, 1.82) is 0 Å². The maximum atomic E-state index is 12.6. The third-order valence-corrected chi connectivity index (χ3v) is 7.18. The number of nitrogens with two attached hydrogens (primary N) is 1. The van der Waals surface area contributed by atoms with E-state index in [0.717, 1.165) is 33.1 Å². The van der Waals surface area contributed by atoms with Crippen molar-refractivity contribution in [3.8, 4) is 0 Å². The summed E-state index contributed by atoms with van der Waals surface area (Å²) in [6, 6.07) is -2.19. The van der Waals surface area contributed by atoms with Gasteiger partial charge < -0.3 is 40.1 Å². The molecule has 0 bridgehead atoms. The molecule has 0 spiro atoms. The number of carbonyl (C=O) groups excluding carboxylic acids is 5. The van der Waals surface area contributed by atoms with Crippen LogP contribution in [0.1, 0.15) is 112 Å². The molecule has 1 rings (SSSR count). The Balaban J connectivity index is 2.62. The number of rotatable bonds is 22. The summed E-state index contributed by atoms with van der Waals surface area (Å²) in [6.45, 7) is 6.80. The van der Waals surface area contributed by atoms with E-state index in [1.165, 1.54) is 71.6 Å². The summed E-state index contributed by atoms with van der Waals surface area (Å²) >= 11 is 0. The zero-order valence-electron chi connectivity index (χ0n) is 27.2. The predicted octanol–water partition coefficient (Wildman–Crippen LogP) is 2.80. The van der Waals surface area contributed by atoms with E-state index in [1.54, 1.807) is 0 Å². The normalized spacial score (nSPS) is 22.0. The second-order valence-electron chi connectivity index (χ2n) is 11.3. The topological polar surface area (TPSA) is 182 Å². The Bertz CT molecular complexity index is 887. The third-order valence-electron chi connectivity index (χ3n) is 7.18. The molecule has 13 heteroatoms. The SMILES string of the molecule is CCCCCCCCCCCCCCNC(=O)[C@@H](N)CO[C@@H]1O[C@H](COC(C)=O)[C@@H](OC(C)=O)[C@H](OC(C)=O)[C@H]1NC(C)=O. The summed E-state index contributed by atoms with van der Waals surface area (Å²) in [7, 11) is 0. The Morgan fingerprint density at radius 1 is 0.750 bits per heavy atom. The van der Waals surface area contributed by atoms with Gasteiger partial charge in [0.05, 0.1) is 6.61 Å². The summed E-state index contributed by atoms with van der Waals surface area (Å²) in [5.74, 6) is -2.97. The molecule has 1 aliphatic heterocycles. The molecule has 1 fully saturated rings. The van der Waals surface area contributed by atoms with E-state index in [0.29, 0.717) is 6.54 Å². The maximum Gasteiger partial charge on any atom is 0.303 e. The van der Waals surface area contributed by atoms with E-state index >= 15 is 0 Å². The van der Waals surface area contributed by atoms with Crippen molar-refractivity contribution in [2.45, 2.75) is 148 Å². The Hall–Kier alpha value is -2.77. The van der Waals surface area contributed by atoms with Crippen molar-refractivity contribution in [2.24, 2.45) is 5.73 Å². The van der Waals surface area contributed by atoms with E-state index in [2.05, 4.69) is 17.6 Å². The first-order valence-electron chi connectivity index (χ1n) is 16.0. The first kappa shape index (κ1) is 39.3. The minimum absolute atomic E-state index is 0.295. The lowest BCUT2D eigenvalue weighted by Gasteiger charge is -2.45. The van der Waals surface area contributed by atoms with Crippen LogP contribution in [0.25, 0.3) is 0 Å². The van der Waals surface area contributed by atoms with Gasteiger partial charge in [0.25, 0.3) is 0 Å². The highest BCUT2D eigenvalue weighted by Crippen LogP contribution is 2.28. The van der Waals surface area contributed by atoms with E-state index < -0.39 is 66.4 Å². The first-order chi connectivity index (χ1) is 21.0. The number of ether oxygens (including phenoxy) is 5. The lowest BCUT2D eigenvalue weighted by atomic mass is 9.96. The molecule has 254 valence electrons. The molecule has 1 aliphatic rings. The minimum Gasteiger partial charge on any atom is -0.463 e. The average molecular weight is 630 g/mol. The van der Waals surface area contributed by atoms with Crippen LogP contribution in [0.3, 0.4) is 0 Å². The largest absolute Gasteiger partial charge is 0.463 e. The highest BCUT2D eigenvalue weighted by molar-refractivity contribution is 5.81. The van der Waals surface area contributed by atoms with Gasteiger partial charge in [0.15, 0.2) is 18.5 Å². The molecule has 0 aromatic carbocycles. The van der Waals surface area contributed by atoms with Crippen LogP contribution in [-0.4, -0.2) is 86.2 Å². The summed E-state index contributed by atoms with van der Waals surface area (Å²) in [6.07, 6.45) is 9.73. The van der Waals surface area contributed by atoms with Gasteiger partial charge in [0.1, 0.15) is 24.8 Å². The van der Waals surface area contributed by atoms with E-state index in [1.807, 2.05) is 0 Å². The number of amides is 2. The van der Waals surface area contributed by atoms with Crippen LogP contribution in [0, 0.1) is 0 Å². The fourth-order valence-corrected chi connectivity index (χ4v) is 5.02. The molecule has 44 heavy (non-hydrogen) atoms. The number of unbranched alkanes of at least 4 members (excludes halogenated alkanes) is 11. The minimum atomic E-state index is -1.29. The molecule has 4 N–H and O–H groups in total. The van der Waals surface area contributed by atoms with Crippen LogP contribution in [0.5, 0.6) is 0 Å². The van der Waals surface area contributed by atoms with Crippen molar-refractivity contribution in [1.82, 2.24) is 10.6 Å². The fourth-order valence-electron chi connectivity index (χ4n) is 5.02. The number of esters is 3. The molecule has 1 saturated heterocycles. The monoisotopic (exact) mass is 629 g/mol. The van der Waals surface area contributed by atoms with Crippen LogP contribution >= 0.6 is 0 Å². The molecular formula is C31H55N3O10. The van der Waals surface area contributed by atoms with Gasteiger partial charge in [-0.1, -0.05) is 77.6 Å². The van der Waals surface area contributed by atoms with Gasteiger partial charge >= 0.3 is 17.9 Å². The lowest BCUT2D eigenvalue weighted by molar-refractivity contribution is -0.278. The number of hydrogen-bond donors (Lipinski definition) is 3. The molecule has 0 radical (unpaired) electrons. The molecule has 0 saturated carbocycles. The second kappa shape index (κ2) is 22.7. The number of nitrogens with one attached hydrogen (secondary N) is 2. The Morgan fingerprint density at radius 3 is 1.77 bits per heavy atom. The quantitative estimate of drug-likeness (QED) is 0.0910. The first-order valence-corrected chi connectivity index (χ1v) is 16.0. The Kier molecular flexibility index (Phi) is 20.2. The molecule has 0 unspecified atom stereocenters. The van der Waals surface area contributed by atoms with Gasteiger partial charge in [-0.05, 0) is 6.42 Å². The molecule has 1 heterocycles. The lowest BCUT2D eigenvalue weighted by Crippen LogP contribution is -2.67. The molecule has 0 aromatic rings. The zero-order chi connectivity index (χ0) is 32.9. The summed E-state index contributed by atoms with van der Waals surface area (Å²) in [5, 5.41) is 5.42. The van der Waals surface area contributed by atoms with Crippen LogP contribution in [0.4, 0.5) is 0 Å². The average Bonchev–Trinajstić information content (AvgIpc) is 2.94. The van der Waals surface area contributed by atoms with Gasteiger partial charge in [-0.3, -0.25) is 24.0 Å². The predicted molar refractivity (Wildman–Crippen MR) is 162 cm³/mol. The maximum absolute atomic E-state index is 12.6. The zero-order valence-corrected chi connectivity index (χ0v) is 27.2. The van der Waals surface area contributed by atoms with E-state index in [-0.39, 0.29) is 13.2 Å². The van der Waals surface area contributed by atoms with Crippen molar-refractivity contribution in [2.75, 3.05) is 19.8 Å². The summed E-state index contributed by atoms with van der Waals surface area (Å²) in [4.78, 5) is 59.9. The van der Waals surface area contributed by atoms with Gasteiger partial charge in [-0.15, -0.1) is 0 Å². The summed E-state index contributed by atoms with van der Waals surface area (Å²) < 4.78 is 27.6. The Labute approximate surface area is 261 Å². The number of carbonyl (C=O) groups is 5. The molecule has 0 aromatic heterocycles. The van der Waals surface area contributed by atoms with Gasteiger partial charge in [0, 0.05) is 34.2 Å². The summed E-state index contributed by atoms with van der Waals surface area (Å²) in [5.41, 5.74) is 6.07. The van der Waals surface area contributed by atoms with Gasteiger partial charge in [-0.2, -0.15) is 0 Å². The third kappa shape index (κ3) is 16.9. The van der Waals surface area contributed by atoms with Crippen LogP contribution in [0.15, 0.2) is 0 Å². The van der Waals surface area contributed by atoms with E-state index in [4.69, 9.17) is 29.4 Å². The smallest absolute Gasteiger partial charge is 0.303 e. The molecule has 13 nitrogen and oxygen atoms in total.